The van der Waals surface area contributed by atoms with E-state index in [1.54, 1.807) is 19.2 Å². The van der Waals surface area contributed by atoms with Crippen LogP contribution in [0.15, 0.2) is 16.9 Å². The fourth-order valence-electron chi connectivity index (χ4n) is 4.65. The number of ether oxygens (including phenoxy) is 2. The van der Waals surface area contributed by atoms with Crippen LogP contribution in [-0.2, 0) is 11.3 Å². The fourth-order valence-corrected chi connectivity index (χ4v) is 4.89. The molecule has 1 aromatic heterocycles. The van der Waals surface area contributed by atoms with Crippen molar-refractivity contribution >= 4 is 22.5 Å². The monoisotopic (exact) mass is 405 g/mol. The van der Waals surface area contributed by atoms with Crippen molar-refractivity contribution in [1.82, 2.24) is 14.5 Å². The second kappa shape index (κ2) is 8.01. The molecule has 6 nitrogen and oxygen atoms in total. The topological polar surface area (TPSA) is 56.6 Å². The van der Waals surface area contributed by atoms with E-state index in [9.17, 15) is 4.79 Å². The lowest BCUT2D eigenvalue weighted by Gasteiger charge is -2.44. The van der Waals surface area contributed by atoms with Gasteiger partial charge in [-0.25, -0.2) is 4.98 Å². The van der Waals surface area contributed by atoms with Crippen LogP contribution in [0.25, 0.3) is 10.9 Å². The minimum atomic E-state index is 0.00303. The summed E-state index contributed by atoms with van der Waals surface area (Å²) < 4.78 is 13.0. The van der Waals surface area contributed by atoms with E-state index in [0.717, 1.165) is 44.8 Å². The van der Waals surface area contributed by atoms with Crippen LogP contribution in [0, 0.1) is 0 Å². The smallest absolute Gasteiger partial charge is 0.261 e. The molecular formula is C21H28ClN3O3. The van der Waals surface area contributed by atoms with Gasteiger partial charge in [-0.3, -0.25) is 14.3 Å². The molecule has 0 aliphatic carbocycles. The van der Waals surface area contributed by atoms with E-state index in [1.165, 1.54) is 0 Å². The average molecular weight is 406 g/mol. The summed E-state index contributed by atoms with van der Waals surface area (Å²) in [6.45, 7) is 7.60. The first-order valence-electron chi connectivity index (χ1n) is 10.1. The van der Waals surface area contributed by atoms with Gasteiger partial charge in [-0.1, -0.05) is 11.6 Å². The Kier molecular flexibility index (Phi) is 5.63. The molecule has 2 aliphatic heterocycles. The number of piperidine rings is 1. The highest BCUT2D eigenvalue weighted by atomic mass is 35.5. The van der Waals surface area contributed by atoms with Gasteiger partial charge in [0.25, 0.3) is 5.56 Å². The highest BCUT2D eigenvalue weighted by Gasteiger charge is 2.38. The minimum absolute atomic E-state index is 0.00303. The van der Waals surface area contributed by atoms with Gasteiger partial charge >= 0.3 is 0 Å². The number of nitrogens with zero attached hydrogens (tertiary/aromatic N) is 3. The van der Waals surface area contributed by atoms with Gasteiger partial charge in [0.15, 0.2) is 0 Å². The Bertz CT molecular complexity index is 927. The molecule has 0 unspecified atom stereocenters. The summed E-state index contributed by atoms with van der Waals surface area (Å²) in [7, 11) is 1.58. The molecule has 0 amide bonds. The Morgan fingerprint density at radius 2 is 2.11 bits per heavy atom. The molecule has 3 heterocycles. The van der Waals surface area contributed by atoms with Gasteiger partial charge in [-0.2, -0.15) is 0 Å². The lowest BCUT2D eigenvalue weighted by Crippen LogP contribution is -2.50. The highest BCUT2D eigenvalue weighted by molar-refractivity contribution is 6.32. The lowest BCUT2D eigenvalue weighted by molar-refractivity contribution is 0.0269. The zero-order chi connectivity index (χ0) is 19.8. The average Bonchev–Trinajstić information content (AvgIpc) is 2.68. The van der Waals surface area contributed by atoms with Crippen molar-refractivity contribution in [3.05, 3.63) is 33.3 Å². The van der Waals surface area contributed by atoms with Crippen molar-refractivity contribution in [3.63, 3.8) is 0 Å². The summed E-state index contributed by atoms with van der Waals surface area (Å²) in [4.78, 5) is 20.6. The van der Waals surface area contributed by atoms with Crippen LogP contribution in [0.5, 0.6) is 5.75 Å². The van der Waals surface area contributed by atoms with E-state index in [1.807, 2.05) is 4.57 Å². The molecule has 2 aromatic rings. The number of likely N-dealkylation sites (tertiary alicyclic amines) is 1. The molecule has 28 heavy (non-hydrogen) atoms. The number of fused-ring (bicyclic) bond motifs is 4. The van der Waals surface area contributed by atoms with Gasteiger partial charge in [-0.15, -0.1) is 0 Å². The lowest BCUT2D eigenvalue weighted by atomic mass is 9.83. The Balaban J connectivity index is 1.69. The molecule has 4 rings (SSSR count). The van der Waals surface area contributed by atoms with E-state index < -0.39 is 0 Å². The molecular weight excluding hydrogens is 378 g/mol. The number of hydrogen-bond donors (Lipinski definition) is 0. The number of aromatic nitrogens is 2. The van der Waals surface area contributed by atoms with E-state index >= 15 is 0 Å². The van der Waals surface area contributed by atoms with Gasteiger partial charge in [0.05, 0.1) is 35.7 Å². The molecule has 2 atom stereocenters. The molecule has 0 saturated carbocycles. The summed E-state index contributed by atoms with van der Waals surface area (Å²) in [5.74, 6) is 1.74. The SMILES string of the molecule is COc1cc2nc3n(c(=O)c2cc1Cl)CC[C@@H]1[C@@H]3CCCN1CCOC(C)C. The van der Waals surface area contributed by atoms with Crippen molar-refractivity contribution < 1.29 is 9.47 Å². The van der Waals surface area contributed by atoms with Crippen LogP contribution in [0.4, 0.5) is 0 Å². The molecule has 0 radical (unpaired) electrons. The van der Waals surface area contributed by atoms with E-state index in [4.69, 9.17) is 26.1 Å². The molecule has 2 aliphatic rings. The van der Waals surface area contributed by atoms with Gasteiger partial charge in [0.1, 0.15) is 11.6 Å². The maximum Gasteiger partial charge on any atom is 0.261 e. The minimum Gasteiger partial charge on any atom is -0.495 e. The van der Waals surface area contributed by atoms with Crippen molar-refractivity contribution in [2.24, 2.45) is 0 Å². The van der Waals surface area contributed by atoms with Crippen LogP contribution >= 0.6 is 11.6 Å². The third kappa shape index (κ3) is 3.53. The van der Waals surface area contributed by atoms with E-state index in [0.29, 0.717) is 34.3 Å². The standard InChI is InChI=1S/C21H28ClN3O3/c1-13(2)28-10-9-24-7-4-5-14-18(24)6-8-25-20(14)23-17-12-19(27-3)16(22)11-15(17)21(25)26/h11-14,18H,4-10H2,1-3H3/t14-,18+/m0/s1. The molecule has 1 aromatic carbocycles. The van der Waals surface area contributed by atoms with Crippen LogP contribution in [0.3, 0.4) is 0 Å². The summed E-state index contributed by atoms with van der Waals surface area (Å²) >= 11 is 6.24. The second-order valence-electron chi connectivity index (χ2n) is 7.99. The Labute approximate surface area is 170 Å². The maximum atomic E-state index is 13.1. The quantitative estimate of drug-likeness (QED) is 0.762. The van der Waals surface area contributed by atoms with Crippen LogP contribution in [0.2, 0.25) is 5.02 Å². The van der Waals surface area contributed by atoms with Crippen molar-refractivity contribution in [1.29, 1.82) is 0 Å². The molecule has 0 bridgehead atoms. The summed E-state index contributed by atoms with van der Waals surface area (Å²) in [6, 6.07) is 3.88. The zero-order valence-electron chi connectivity index (χ0n) is 16.8. The Morgan fingerprint density at radius 3 is 2.86 bits per heavy atom. The number of benzene rings is 1. The molecule has 7 heteroatoms. The third-order valence-electron chi connectivity index (χ3n) is 5.96. The fraction of sp³-hybridized carbons (Fsp3) is 0.619. The molecule has 1 fully saturated rings. The van der Waals surface area contributed by atoms with Crippen LogP contribution in [0.1, 0.15) is 44.9 Å². The first kappa shape index (κ1) is 19.7. The third-order valence-corrected chi connectivity index (χ3v) is 6.26. The number of methoxy groups -OCH3 is 1. The first-order valence-corrected chi connectivity index (χ1v) is 10.5. The number of halogens is 1. The molecule has 0 spiro atoms. The summed E-state index contributed by atoms with van der Waals surface area (Å²) in [6.07, 6.45) is 3.40. The van der Waals surface area contributed by atoms with E-state index in [2.05, 4.69) is 18.7 Å². The van der Waals surface area contributed by atoms with Gasteiger partial charge in [-0.05, 0) is 45.7 Å². The highest BCUT2D eigenvalue weighted by Crippen LogP contribution is 2.37. The van der Waals surface area contributed by atoms with Gasteiger partial charge in [0.2, 0.25) is 0 Å². The van der Waals surface area contributed by atoms with Crippen LogP contribution < -0.4 is 10.3 Å². The largest absolute Gasteiger partial charge is 0.495 e. The van der Waals surface area contributed by atoms with Crippen molar-refractivity contribution in [2.45, 2.75) is 57.7 Å². The predicted octanol–water partition coefficient (Wildman–Crippen LogP) is 3.44. The second-order valence-corrected chi connectivity index (χ2v) is 8.40. The molecule has 1 saturated heterocycles. The Hall–Kier alpha value is -1.63. The summed E-state index contributed by atoms with van der Waals surface area (Å²) in [5, 5.41) is 1.00. The van der Waals surface area contributed by atoms with Crippen LogP contribution in [-0.4, -0.2) is 53.4 Å². The first-order chi connectivity index (χ1) is 13.5. The molecule has 152 valence electrons. The normalized spacial score (nSPS) is 22.3. The zero-order valence-corrected chi connectivity index (χ0v) is 17.5. The van der Waals surface area contributed by atoms with Gasteiger partial charge < -0.3 is 9.47 Å². The van der Waals surface area contributed by atoms with Crippen molar-refractivity contribution in [2.75, 3.05) is 26.8 Å². The molecule has 0 N–H and O–H groups in total. The number of rotatable bonds is 5. The predicted molar refractivity (Wildman–Crippen MR) is 111 cm³/mol. The Morgan fingerprint density at radius 1 is 1.29 bits per heavy atom. The van der Waals surface area contributed by atoms with Crippen molar-refractivity contribution in [3.8, 4) is 5.75 Å². The summed E-state index contributed by atoms with van der Waals surface area (Å²) in [5.41, 5.74) is 0.668. The van der Waals surface area contributed by atoms with Gasteiger partial charge in [0, 0.05) is 31.1 Å². The maximum absolute atomic E-state index is 13.1. The number of hydrogen-bond acceptors (Lipinski definition) is 5. The van der Waals surface area contributed by atoms with E-state index in [-0.39, 0.29) is 17.6 Å².